The Morgan fingerprint density at radius 3 is 2.72 bits per heavy atom. The first-order chi connectivity index (χ1) is 14.1. The number of likely N-dealkylation sites (tertiary alicyclic amines) is 1. The number of fused-ring (bicyclic) bond motifs is 1. The molecule has 8 heteroatoms. The zero-order chi connectivity index (χ0) is 20.2. The Balaban J connectivity index is 1.25. The number of aromatic nitrogens is 1. The minimum Gasteiger partial charge on any atom is -0.467 e. The molecule has 1 amide bonds. The van der Waals surface area contributed by atoms with Crippen LogP contribution in [0.25, 0.3) is 10.2 Å². The SMILES string of the molecule is O=C(CSCc1ccccc1)N1CCC(Oc2nc3c(F)cc(F)cc3s2)CC1. The van der Waals surface area contributed by atoms with Gasteiger partial charge in [-0.25, -0.2) is 8.78 Å². The Morgan fingerprint density at radius 2 is 1.97 bits per heavy atom. The van der Waals surface area contributed by atoms with Crippen LogP contribution in [0.1, 0.15) is 18.4 Å². The van der Waals surface area contributed by atoms with Gasteiger partial charge in [-0.1, -0.05) is 41.7 Å². The monoisotopic (exact) mass is 434 g/mol. The third kappa shape index (κ3) is 5.05. The summed E-state index contributed by atoms with van der Waals surface area (Å²) in [6, 6.07) is 12.2. The molecule has 1 saturated heterocycles. The van der Waals surface area contributed by atoms with Gasteiger partial charge in [-0.2, -0.15) is 4.98 Å². The van der Waals surface area contributed by atoms with E-state index in [1.54, 1.807) is 11.8 Å². The van der Waals surface area contributed by atoms with Gasteiger partial charge >= 0.3 is 0 Å². The normalized spacial score (nSPS) is 15.0. The van der Waals surface area contributed by atoms with E-state index in [0.29, 0.717) is 41.6 Å². The number of carbonyl (C=O) groups is 1. The van der Waals surface area contributed by atoms with Crippen molar-refractivity contribution in [1.82, 2.24) is 9.88 Å². The molecular formula is C21H20F2N2O2S2. The second-order valence-corrected chi connectivity index (χ2v) is 8.87. The molecule has 0 radical (unpaired) electrons. The number of ether oxygens (including phenoxy) is 1. The van der Waals surface area contributed by atoms with Crippen molar-refractivity contribution in [3.8, 4) is 5.19 Å². The molecule has 2 heterocycles. The highest BCUT2D eigenvalue weighted by Crippen LogP contribution is 2.32. The smallest absolute Gasteiger partial charge is 0.274 e. The molecule has 3 aromatic rings. The molecule has 4 nitrogen and oxygen atoms in total. The van der Waals surface area contributed by atoms with Crippen LogP contribution in [-0.4, -0.2) is 40.7 Å². The van der Waals surface area contributed by atoms with Crippen LogP contribution in [0.2, 0.25) is 0 Å². The molecule has 1 fully saturated rings. The number of thiazole rings is 1. The van der Waals surface area contributed by atoms with Gasteiger partial charge in [0.05, 0.1) is 10.5 Å². The van der Waals surface area contributed by atoms with Gasteiger partial charge in [0.25, 0.3) is 5.19 Å². The van der Waals surface area contributed by atoms with Crippen molar-refractivity contribution in [1.29, 1.82) is 0 Å². The lowest BCUT2D eigenvalue weighted by Gasteiger charge is -2.31. The molecule has 2 aromatic carbocycles. The van der Waals surface area contributed by atoms with Gasteiger partial charge in [0, 0.05) is 37.8 Å². The maximum absolute atomic E-state index is 13.8. The summed E-state index contributed by atoms with van der Waals surface area (Å²) in [5.41, 5.74) is 1.35. The molecule has 29 heavy (non-hydrogen) atoms. The van der Waals surface area contributed by atoms with Crippen LogP contribution in [0.4, 0.5) is 8.78 Å². The molecule has 0 spiro atoms. The molecule has 1 aliphatic heterocycles. The lowest BCUT2D eigenvalue weighted by atomic mass is 10.1. The number of nitrogens with zero attached hydrogens (tertiary/aromatic N) is 2. The van der Waals surface area contributed by atoms with Crippen molar-refractivity contribution in [3.63, 3.8) is 0 Å². The second-order valence-electron chi connectivity index (χ2n) is 6.89. The third-order valence-electron chi connectivity index (χ3n) is 4.79. The van der Waals surface area contributed by atoms with Crippen molar-refractivity contribution in [2.75, 3.05) is 18.8 Å². The summed E-state index contributed by atoms with van der Waals surface area (Å²) in [5.74, 6) is 0.118. The predicted molar refractivity (Wildman–Crippen MR) is 112 cm³/mol. The molecule has 0 unspecified atom stereocenters. The maximum atomic E-state index is 13.8. The summed E-state index contributed by atoms with van der Waals surface area (Å²) in [6.45, 7) is 1.26. The first-order valence-corrected chi connectivity index (χ1v) is 11.4. The Kier molecular flexibility index (Phi) is 6.30. The number of rotatable bonds is 6. The first kappa shape index (κ1) is 20.1. The maximum Gasteiger partial charge on any atom is 0.274 e. The van der Waals surface area contributed by atoms with Gasteiger partial charge in [0.1, 0.15) is 17.4 Å². The third-order valence-corrected chi connectivity index (χ3v) is 6.67. The Morgan fingerprint density at radius 1 is 1.21 bits per heavy atom. The molecule has 152 valence electrons. The lowest BCUT2D eigenvalue weighted by molar-refractivity contribution is -0.130. The van der Waals surface area contributed by atoms with E-state index in [1.807, 2.05) is 23.1 Å². The number of thioether (sulfide) groups is 1. The van der Waals surface area contributed by atoms with E-state index in [9.17, 15) is 13.6 Å². The summed E-state index contributed by atoms with van der Waals surface area (Å²) in [6.07, 6.45) is 1.31. The number of hydrogen-bond donors (Lipinski definition) is 0. The van der Waals surface area contributed by atoms with Crippen LogP contribution in [0.3, 0.4) is 0 Å². The van der Waals surface area contributed by atoms with Gasteiger partial charge in [0.15, 0.2) is 5.82 Å². The number of benzene rings is 2. The van der Waals surface area contributed by atoms with Gasteiger partial charge < -0.3 is 9.64 Å². The van der Waals surface area contributed by atoms with Crippen molar-refractivity contribution in [2.45, 2.75) is 24.7 Å². The van der Waals surface area contributed by atoms with E-state index in [0.717, 1.165) is 23.2 Å². The molecule has 1 aromatic heterocycles. The van der Waals surface area contributed by atoms with E-state index >= 15 is 0 Å². The van der Waals surface area contributed by atoms with Crippen LogP contribution in [-0.2, 0) is 10.5 Å². The van der Waals surface area contributed by atoms with Crippen molar-refractivity contribution < 1.29 is 18.3 Å². The fraction of sp³-hybridized carbons (Fsp3) is 0.333. The van der Waals surface area contributed by atoms with Crippen LogP contribution in [0.15, 0.2) is 42.5 Å². The second kappa shape index (κ2) is 9.09. The summed E-state index contributed by atoms with van der Waals surface area (Å²) < 4.78 is 33.4. The average Bonchev–Trinajstić information content (AvgIpc) is 3.12. The summed E-state index contributed by atoms with van der Waals surface area (Å²) >= 11 is 2.76. The zero-order valence-corrected chi connectivity index (χ0v) is 17.3. The van der Waals surface area contributed by atoms with Gasteiger partial charge in [-0.3, -0.25) is 4.79 Å². The largest absolute Gasteiger partial charge is 0.467 e. The molecule has 4 rings (SSSR count). The number of carbonyl (C=O) groups excluding carboxylic acids is 1. The highest BCUT2D eigenvalue weighted by Gasteiger charge is 2.25. The predicted octanol–water partition coefficient (Wildman–Crippen LogP) is 4.88. The minimum absolute atomic E-state index is 0.0792. The minimum atomic E-state index is -0.681. The van der Waals surface area contributed by atoms with E-state index in [4.69, 9.17) is 4.74 Å². The first-order valence-electron chi connectivity index (χ1n) is 9.40. The molecule has 1 aliphatic rings. The quantitative estimate of drug-likeness (QED) is 0.555. The van der Waals surface area contributed by atoms with E-state index < -0.39 is 11.6 Å². The number of hydrogen-bond acceptors (Lipinski definition) is 5. The summed E-state index contributed by atoms with van der Waals surface area (Å²) in [5, 5.41) is 0.340. The molecule has 0 saturated carbocycles. The van der Waals surface area contributed by atoms with Gasteiger partial charge in [-0.15, -0.1) is 11.8 Å². The molecule has 0 bridgehead atoms. The van der Waals surface area contributed by atoms with Crippen LogP contribution in [0.5, 0.6) is 5.19 Å². The topological polar surface area (TPSA) is 42.4 Å². The molecule has 0 aliphatic carbocycles. The number of halogens is 2. The van der Waals surface area contributed by atoms with E-state index in [2.05, 4.69) is 17.1 Å². The van der Waals surface area contributed by atoms with E-state index in [-0.39, 0.29) is 17.5 Å². The highest BCUT2D eigenvalue weighted by atomic mass is 32.2. The fourth-order valence-electron chi connectivity index (χ4n) is 3.27. The molecular weight excluding hydrogens is 414 g/mol. The summed E-state index contributed by atoms with van der Waals surface area (Å²) in [7, 11) is 0. The Hall–Kier alpha value is -2.19. The average molecular weight is 435 g/mol. The zero-order valence-electron chi connectivity index (χ0n) is 15.6. The van der Waals surface area contributed by atoms with E-state index in [1.165, 1.54) is 11.6 Å². The van der Waals surface area contributed by atoms with Gasteiger partial charge in [-0.05, 0) is 11.6 Å². The van der Waals surface area contributed by atoms with Crippen molar-refractivity contribution in [2.24, 2.45) is 0 Å². The Labute approximate surface area is 175 Å². The van der Waals surface area contributed by atoms with Crippen molar-refractivity contribution >= 4 is 39.2 Å². The standard InChI is InChI=1S/C21H20F2N2O2S2/c22-15-10-17(23)20-18(11-15)29-21(24-20)27-16-6-8-25(9-7-16)19(26)13-28-12-14-4-2-1-3-5-14/h1-5,10-11,16H,6-9,12-13H2. The lowest BCUT2D eigenvalue weighted by Crippen LogP contribution is -2.42. The van der Waals surface area contributed by atoms with Crippen LogP contribution < -0.4 is 4.74 Å². The van der Waals surface area contributed by atoms with Crippen LogP contribution >= 0.6 is 23.1 Å². The van der Waals surface area contributed by atoms with Crippen molar-refractivity contribution in [3.05, 3.63) is 59.7 Å². The molecule has 0 atom stereocenters. The van der Waals surface area contributed by atoms with Crippen LogP contribution in [0, 0.1) is 11.6 Å². The molecule has 0 N–H and O–H groups in total. The Bertz CT molecular complexity index is 989. The number of amides is 1. The summed E-state index contributed by atoms with van der Waals surface area (Å²) in [4.78, 5) is 18.4. The highest BCUT2D eigenvalue weighted by molar-refractivity contribution is 7.99. The van der Waals surface area contributed by atoms with Gasteiger partial charge in [0.2, 0.25) is 5.91 Å². The fourth-order valence-corrected chi connectivity index (χ4v) is 5.08. The number of piperidine rings is 1.